The van der Waals surface area contributed by atoms with Crippen molar-refractivity contribution < 1.29 is 14.7 Å². The first-order valence-corrected chi connectivity index (χ1v) is 4.00. The van der Waals surface area contributed by atoms with Crippen molar-refractivity contribution in [2.24, 2.45) is 0 Å². The van der Waals surface area contributed by atoms with Gasteiger partial charge in [-0.25, -0.2) is 4.79 Å². The SMILES string of the molecule is CC/C(C(C)=O)=C(\CC)C(=O)O. The Morgan fingerprint density at radius 3 is 1.58 bits per heavy atom. The maximum absolute atomic E-state index is 11.0. The summed E-state index contributed by atoms with van der Waals surface area (Å²) in [6.07, 6.45) is 0.892. The highest BCUT2D eigenvalue weighted by Crippen LogP contribution is 2.13. The van der Waals surface area contributed by atoms with Gasteiger partial charge in [0.15, 0.2) is 5.78 Å². The molecule has 1 N–H and O–H groups in total. The fourth-order valence-corrected chi connectivity index (χ4v) is 1.17. The van der Waals surface area contributed by atoms with Crippen LogP contribution < -0.4 is 0 Å². The molecule has 68 valence electrons. The van der Waals surface area contributed by atoms with Crippen LogP contribution in [0.3, 0.4) is 0 Å². The molecule has 0 saturated heterocycles. The Labute approximate surface area is 72.1 Å². The third-order valence-electron chi connectivity index (χ3n) is 1.75. The lowest BCUT2D eigenvalue weighted by molar-refractivity contribution is -0.133. The lowest BCUT2D eigenvalue weighted by Gasteiger charge is -2.04. The van der Waals surface area contributed by atoms with Gasteiger partial charge in [-0.1, -0.05) is 13.8 Å². The molecular weight excluding hydrogens is 156 g/mol. The number of carbonyl (C=O) groups excluding carboxylic acids is 1. The molecule has 0 aromatic heterocycles. The number of carboxylic acid groups (broad SMARTS) is 1. The van der Waals surface area contributed by atoms with Gasteiger partial charge in [-0.15, -0.1) is 0 Å². The minimum absolute atomic E-state index is 0.142. The molecule has 0 radical (unpaired) electrons. The molecule has 0 aromatic carbocycles. The zero-order chi connectivity index (χ0) is 9.72. The van der Waals surface area contributed by atoms with Crippen LogP contribution in [0, 0.1) is 0 Å². The Balaban J connectivity index is 5.01. The summed E-state index contributed by atoms with van der Waals surface area (Å²) in [5.74, 6) is -1.12. The molecule has 0 unspecified atom stereocenters. The number of carbonyl (C=O) groups is 2. The van der Waals surface area contributed by atoms with Crippen LogP contribution in [0.1, 0.15) is 33.6 Å². The van der Waals surface area contributed by atoms with Crippen molar-refractivity contribution >= 4 is 11.8 Å². The first-order valence-electron chi connectivity index (χ1n) is 4.00. The van der Waals surface area contributed by atoms with Gasteiger partial charge in [0, 0.05) is 11.1 Å². The average Bonchev–Trinajstić information content (AvgIpc) is 1.98. The number of hydrogen-bond acceptors (Lipinski definition) is 2. The Kier molecular flexibility index (Phi) is 4.26. The average molecular weight is 170 g/mol. The fourth-order valence-electron chi connectivity index (χ4n) is 1.17. The zero-order valence-corrected chi connectivity index (χ0v) is 7.68. The quantitative estimate of drug-likeness (QED) is 0.654. The standard InChI is InChI=1S/C9H14O3/c1-4-7(6(3)10)8(5-2)9(11)12/h4-5H2,1-3H3,(H,11,12)/b8-7-. The van der Waals surface area contributed by atoms with Crippen molar-refractivity contribution in [2.75, 3.05) is 0 Å². The van der Waals surface area contributed by atoms with E-state index in [0.29, 0.717) is 18.4 Å². The minimum Gasteiger partial charge on any atom is -0.478 e. The molecule has 3 heteroatoms. The molecular formula is C9H14O3. The molecule has 0 aromatic rings. The van der Waals surface area contributed by atoms with Crippen LogP contribution in [0.4, 0.5) is 0 Å². The van der Waals surface area contributed by atoms with Crippen LogP contribution in [-0.4, -0.2) is 16.9 Å². The maximum Gasteiger partial charge on any atom is 0.331 e. The Bertz CT molecular complexity index is 202. The highest BCUT2D eigenvalue weighted by Gasteiger charge is 2.13. The zero-order valence-electron chi connectivity index (χ0n) is 7.68. The van der Waals surface area contributed by atoms with Gasteiger partial charge in [0.1, 0.15) is 0 Å². The maximum atomic E-state index is 11.0. The van der Waals surface area contributed by atoms with E-state index in [1.165, 1.54) is 6.92 Å². The number of ketones is 1. The summed E-state index contributed by atoms with van der Waals surface area (Å²) in [7, 11) is 0. The summed E-state index contributed by atoms with van der Waals surface area (Å²) in [5.41, 5.74) is 0.676. The van der Waals surface area contributed by atoms with E-state index in [0.717, 1.165) is 0 Å². The van der Waals surface area contributed by atoms with Crippen molar-refractivity contribution in [1.29, 1.82) is 0 Å². The lowest BCUT2D eigenvalue weighted by Crippen LogP contribution is -2.08. The van der Waals surface area contributed by atoms with Crippen molar-refractivity contribution in [3.05, 3.63) is 11.1 Å². The van der Waals surface area contributed by atoms with E-state index >= 15 is 0 Å². The van der Waals surface area contributed by atoms with Crippen molar-refractivity contribution in [1.82, 2.24) is 0 Å². The summed E-state index contributed by atoms with van der Waals surface area (Å²) in [6, 6.07) is 0. The normalized spacial score (nSPS) is 12.2. The molecule has 0 aliphatic heterocycles. The summed E-state index contributed by atoms with van der Waals surface area (Å²) < 4.78 is 0. The van der Waals surface area contributed by atoms with E-state index in [1.54, 1.807) is 13.8 Å². The minimum atomic E-state index is -0.982. The number of hydrogen-bond donors (Lipinski definition) is 1. The van der Waals surface area contributed by atoms with Crippen LogP contribution in [-0.2, 0) is 9.59 Å². The molecule has 0 aliphatic carbocycles. The molecule has 0 bridgehead atoms. The molecule has 0 saturated carbocycles. The van der Waals surface area contributed by atoms with E-state index in [4.69, 9.17) is 5.11 Å². The van der Waals surface area contributed by atoms with Crippen LogP contribution in [0.15, 0.2) is 11.1 Å². The van der Waals surface area contributed by atoms with Crippen molar-refractivity contribution in [3.63, 3.8) is 0 Å². The van der Waals surface area contributed by atoms with Gasteiger partial charge in [0.2, 0.25) is 0 Å². The van der Waals surface area contributed by atoms with Crippen LogP contribution in [0.2, 0.25) is 0 Å². The molecule has 0 fully saturated rings. The predicted molar refractivity (Wildman–Crippen MR) is 45.9 cm³/mol. The topological polar surface area (TPSA) is 54.4 Å². The summed E-state index contributed by atoms with van der Waals surface area (Å²) in [6.45, 7) is 4.93. The van der Waals surface area contributed by atoms with E-state index in [-0.39, 0.29) is 11.4 Å². The fraction of sp³-hybridized carbons (Fsp3) is 0.556. The van der Waals surface area contributed by atoms with Gasteiger partial charge in [-0.3, -0.25) is 4.79 Å². The molecule has 12 heavy (non-hydrogen) atoms. The van der Waals surface area contributed by atoms with Gasteiger partial charge in [0.25, 0.3) is 0 Å². The van der Waals surface area contributed by atoms with Gasteiger partial charge in [-0.05, 0) is 19.8 Å². The summed E-state index contributed by atoms with van der Waals surface area (Å²) in [5, 5.41) is 8.71. The second-order valence-electron chi connectivity index (χ2n) is 2.53. The highest BCUT2D eigenvalue weighted by molar-refractivity contribution is 6.01. The van der Waals surface area contributed by atoms with Gasteiger partial charge < -0.3 is 5.11 Å². The molecule has 0 aliphatic rings. The number of aliphatic carboxylic acids is 1. The monoisotopic (exact) mass is 170 g/mol. The molecule has 0 heterocycles. The van der Waals surface area contributed by atoms with E-state index in [9.17, 15) is 9.59 Å². The molecule has 0 spiro atoms. The smallest absolute Gasteiger partial charge is 0.331 e. The van der Waals surface area contributed by atoms with E-state index in [1.807, 2.05) is 0 Å². The van der Waals surface area contributed by atoms with Crippen LogP contribution >= 0.6 is 0 Å². The van der Waals surface area contributed by atoms with E-state index in [2.05, 4.69) is 0 Å². The second-order valence-corrected chi connectivity index (χ2v) is 2.53. The molecule has 0 atom stereocenters. The second kappa shape index (κ2) is 4.70. The Morgan fingerprint density at radius 1 is 1.08 bits per heavy atom. The third-order valence-corrected chi connectivity index (χ3v) is 1.75. The number of rotatable bonds is 4. The molecule has 3 nitrogen and oxygen atoms in total. The third kappa shape index (κ3) is 2.49. The number of Topliss-reactive ketones (excluding diaryl/α,β-unsaturated/α-hetero) is 1. The Hall–Kier alpha value is -1.12. The molecule has 0 amide bonds. The van der Waals surface area contributed by atoms with Crippen LogP contribution in [0.25, 0.3) is 0 Å². The van der Waals surface area contributed by atoms with Crippen molar-refractivity contribution in [2.45, 2.75) is 33.6 Å². The van der Waals surface area contributed by atoms with E-state index < -0.39 is 5.97 Å². The molecule has 0 rings (SSSR count). The van der Waals surface area contributed by atoms with Crippen molar-refractivity contribution in [3.8, 4) is 0 Å². The predicted octanol–water partition coefficient (Wildman–Crippen LogP) is 1.78. The first kappa shape index (κ1) is 10.9. The number of allylic oxidation sites excluding steroid dienone is 1. The first-order chi connectivity index (χ1) is 5.54. The summed E-state index contributed by atoms with van der Waals surface area (Å²) >= 11 is 0. The van der Waals surface area contributed by atoms with Gasteiger partial charge in [0.05, 0.1) is 0 Å². The van der Waals surface area contributed by atoms with Gasteiger partial charge >= 0.3 is 5.97 Å². The van der Waals surface area contributed by atoms with Crippen LogP contribution in [0.5, 0.6) is 0 Å². The van der Waals surface area contributed by atoms with Gasteiger partial charge in [-0.2, -0.15) is 0 Å². The number of carboxylic acids is 1. The lowest BCUT2D eigenvalue weighted by atomic mass is 10.0. The highest BCUT2D eigenvalue weighted by atomic mass is 16.4. The largest absolute Gasteiger partial charge is 0.478 e. The Morgan fingerprint density at radius 2 is 1.50 bits per heavy atom. The summed E-state index contributed by atoms with van der Waals surface area (Å²) in [4.78, 5) is 21.6.